The molecule has 0 radical (unpaired) electrons. The molecular formula is C31H37FN2O3. The van der Waals surface area contributed by atoms with Crippen molar-refractivity contribution in [2.45, 2.75) is 45.6 Å². The Morgan fingerprint density at radius 1 is 1.05 bits per heavy atom. The zero-order valence-corrected chi connectivity index (χ0v) is 20.8. The van der Waals surface area contributed by atoms with E-state index < -0.39 is 0 Å². The van der Waals surface area contributed by atoms with Gasteiger partial charge in [-0.2, -0.15) is 0 Å². The van der Waals surface area contributed by atoms with E-state index in [9.17, 15) is 9.50 Å². The zero-order chi connectivity index (χ0) is 24.9. The molecule has 3 aromatic rings. The second kappa shape index (κ2) is 12.2. The third-order valence-electron chi connectivity index (χ3n) is 7.11. The maximum atomic E-state index is 12.5. The van der Waals surface area contributed by atoms with Crippen molar-refractivity contribution in [2.24, 2.45) is 0 Å². The van der Waals surface area contributed by atoms with Crippen molar-refractivity contribution in [1.82, 2.24) is 9.88 Å². The van der Waals surface area contributed by atoms with E-state index in [0.717, 1.165) is 73.3 Å². The van der Waals surface area contributed by atoms with Crippen LogP contribution in [0.5, 0.6) is 17.4 Å². The Morgan fingerprint density at radius 2 is 1.86 bits per heavy atom. The molecule has 2 heterocycles. The lowest BCUT2D eigenvalue weighted by molar-refractivity contribution is 0.198. The maximum Gasteiger partial charge on any atom is 0.212 e. The summed E-state index contributed by atoms with van der Waals surface area (Å²) in [5, 5.41) is 10.1. The number of aromatic nitrogens is 1. The van der Waals surface area contributed by atoms with Gasteiger partial charge in [-0.15, -0.1) is 0 Å². The second-order valence-corrected chi connectivity index (χ2v) is 9.53. The lowest BCUT2D eigenvalue weighted by Crippen LogP contribution is -2.26. The number of pyridine rings is 1. The number of phenols is 1. The van der Waals surface area contributed by atoms with Crippen LogP contribution in [0.2, 0.25) is 0 Å². The number of aryl methyl sites for hydroxylation is 1. The second-order valence-electron chi connectivity index (χ2n) is 9.53. The maximum absolute atomic E-state index is 12.5. The Hall–Kier alpha value is -3.38. The van der Waals surface area contributed by atoms with E-state index in [-0.39, 0.29) is 20.2 Å². The molecule has 6 heteroatoms. The van der Waals surface area contributed by atoms with Crippen LogP contribution in [0.15, 0.2) is 60.8 Å². The molecule has 2 aromatic carbocycles. The standard InChI is InChI=1S/C30H33FN2O3.CH4/c1-35-29-13-8-23(19-32-29)27-5-2-4-22-18-24(34)9-12-28(22)30(27)21-6-10-25(11-7-21)36-26-14-17-33(20-26)16-3-15-31;/h6-13,18-19,26,34H,2-5,14-17,20H2,1H3;1H4/t26-;/m0./s1. The Labute approximate surface area is 219 Å². The molecule has 0 saturated carbocycles. The summed E-state index contributed by atoms with van der Waals surface area (Å²) < 4.78 is 24.0. The van der Waals surface area contributed by atoms with Gasteiger partial charge in [0.2, 0.25) is 5.88 Å². The Morgan fingerprint density at radius 3 is 2.59 bits per heavy atom. The van der Waals surface area contributed by atoms with Gasteiger partial charge >= 0.3 is 0 Å². The van der Waals surface area contributed by atoms with Crippen LogP contribution in [0.4, 0.5) is 4.39 Å². The van der Waals surface area contributed by atoms with Gasteiger partial charge < -0.3 is 14.6 Å². The number of rotatable bonds is 8. The average Bonchev–Trinajstić information content (AvgIpc) is 3.26. The van der Waals surface area contributed by atoms with Gasteiger partial charge in [-0.1, -0.05) is 25.6 Å². The monoisotopic (exact) mass is 504 g/mol. The fourth-order valence-corrected chi connectivity index (χ4v) is 5.34. The number of nitrogens with zero attached hydrogens (tertiary/aromatic N) is 2. The third kappa shape index (κ3) is 6.13. The number of fused-ring (bicyclic) bond motifs is 1. The first kappa shape index (κ1) is 26.7. The summed E-state index contributed by atoms with van der Waals surface area (Å²) in [5.74, 6) is 1.74. The molecular weight excluding hydrogens is 467 g/mol. The first-order valence-electron chi connectivity index (χ1n) is 12.8. The molecule has 5 rings (SSSR count). The van der Waals surface area contributed by atoms with Crippen molar-refractivity contribution >= 4 is 11.1 Å². The van der Waals surface area contributed by atoms with Crippen LogP contribution in [-0.2, 0) is 6.42 Å². The summed E-state index contributed by atoms with van der Waals surface area (Å²) >= 11 is 0. The number of allylic oxidation sites excluding steroid dienone is 1. The van der Waals surface area contributed by atoms with Gasteiger partial charge in [0.05, 0.1) is 13.8 Å². The number of aromatic hydroxyl groups is 1. The molecule has 196 valence electrons. The molecule has 0 bridgehead atoms. The number of ether oxygens (including phenoxy) is 2. The van der Waals surface area contributed by atoms with Crippen molar-refractivity contribution in [2.75, 3.05) is 33.4 Å². The molecule has 1 fully saturated rings. The molecule has 1 saturated heterocycles. The van der Waals surface area contributed by atoms with Crippen LogP contribution < -0.4 is 9.47 Å². The molecule has 1 aliphatic carbocycles. The smallest absolute Gasteiger partial charge is 0.212 e. The van der Waals surface area contributed by atoms with Gasteiger partial charge in [0.25, 0.3) is 0 Å². The van der Waals surface area contributed by atoms with Crippen molar-refractivity contribution in [3.05, 3.63) is 83.0 Å². The number of hydrogen-bond donors (Lipinski definition) is 1. The highest BCUT2D eigenvalue weighted by Crippen LogP contribution is 2.41. The Kier molecular flexibility index (Phi) is 8.82. The van der Waals surface area contributed by atoms with E-state index in [0.29, 0.717) is 18.1 Å². The summed E-state index contributed by atoms with van der Waals surface area (Å²) in [6.45, 7) is 2.33. The number of likely N-dealkylation sites (tertiary alicyclic amines) is 1. The Bertz CT molecular complexity index is 1210. The van der Waals surface area contributed by atoms with Gasteiger partial charge in [0, 0.05) is 31.9 Å². The van der Waals surface area contributed by atoms with Gasteiger partial charge in [-0.05, 0) is 95.8 Å². The van der Waals surface area contributed by atoms with E-state index in [1.165, 1.54) is 11.1 Å². The molecule has 5 nitrogen and oxygen atoms in total. The molecule has 37 heavy (non-hydrogen) atoms. The van der Waals surface area contributed by atoms with E-state index in [1.54, 1.807) is 13.2 Å². The molecule has 1 aliphatic heterocycles. The van der Waals surface area contributed by atoms with Gasteiger partial charge in [0.1, 0.15) is 17.6 Å². The molecule has 0 spiro atoms. The number of benzene rings is 2. The predicted molar refractivity (Wildman–Crippen MR) is 147 cm³/mol. The summed E-state index contributed by atoms with van der Waals surface area (Å²) in [6.07, 6.45) is 6.37. The minimum absolute atomic E-state index is 0. The van der Waals surface area contributed by atoms with Gasteiger partial charge in [-0.25, -0.2) is 4.98 Å². The third-order valence-corrected chi connectivity index (χ3v) is 7.11. The van der Waals surface area contributed by atoms with Crippen molar-refractivity contribution in [3.8, 4) is 17.4 Å². The zero-order valence-electron chi connectivity index (χ0n) is 20.8. The fourth-order valence-electron chi connectivity index (χ4n) is 5.34. The van der Waals surface area contributed by atoms with Crippen LogP contribution in [0.3, 0.4) is 0 Å². The van der Waals surface area contributed by atoms with Crippen LogP contribution in [0, 0.1) is 0 Å². The van der Waals surface area contributed by atoms with Crippen molar-refractivity contribution in [3.63, 3.8) is 0 Å². The van der Waals surface area contributed by atoms with Gasteiger partial charge in [0.15, 0.2) is 0 Å². The quantitative estimate of drug-likeness (QED) is 0.378. The molecule has 1 N–H and O–H groups in total. The highest BCUT2D eigenvalue weighted by atomic mass is 19.1. The lowest BCUT2D eigenvalue weighted by Gasteiger charge is -2.18. The fraction of sp³-hybridized carbons (Fsp3) is 0.387. The number of hydrogen-bond acceptors (Lipinski definition) is 5. The molecule has 2 aliphatic rings. The van der Waals surface area contributed by atoms with E-state index in [2.05, 4.69) is 28.1 Å². The molecule has 1 aromatic heterocycles. The molecule has 1 atom stereocenters. The highest BCUT2D eigenvalue weighted by Gasteiger charge is 2.24. The summed E-state index contributed by atoms with van der Waals surface area (Å²) in [6, 6.07) is 18.0. The predicted octanol–water partition coefficient (Wildman–Crippen LogP) is 6.54. The summed E-state index contributed by atoms with van der Waals surface area (Å²) in [5.41, 5.74) is 6.89. The summed E-state index contributed by atoms with van der Waals surface area (Å²) in [7, 11) is 1.62. The highest BCUT2D eigenvalue weighted by molar-refractivity contribution is 5.99. The number of alkyl halides is 1. The Balaban J connectivity index is 0.00000320. The van der Waals surface area contributed by atoms with Crippen LogP contribution in [-0.4, -0.2) is 54.5 Å². The van der Waals surface area contributed by atoms with Crippen LogP contribution in [0.25, 0.3) is 11.1 Å². The minimum Gasteiger partial charge on any atom is -0.508 e. The minimum atomic E-state index is -0.267. The number of methoxy groups -OCH3 is 1. The van der Waals surface area contributed by atoms with Gasteiger partial charge in [-0.3, -0.25) is 9.29 Å². The first-order valence-corrected chi connectivity index (χ1v) is 12.8. The number of halogens is 1. The van der Waals surface area contributed by atoms with Crippen LogP contribution in [0.1, 0.15) is 55.4 Å². The normalized spacial score (nSPS) is 17.6. The van der Waals surface area contributed by atoms with Crippen molar-refractivity contribution in [1.29, 1.82) is 0 Å². The SMILES string of the molecule is C.COc1ccc(C2=C(c3ccc(O[C@H]4CCN(CCCF)C4)cc3)c3ccc(O)cc3CCC2)cn1. The molecule has 0 amide bonds. The largest absolute Gasteiger partial charge is 0.508 e. The first-order chi connectivity index (χ1) is 17.6. The number of phenolic OH excluding ortho intramolecular Hbond substituents is 1. The molecule has 0 unspecified atom stereocenters. The lowest BCUT2D eigenvalue weighted by atomic mass is 9.88. The van der Waals surface area contributed by atoms with E-state index in [1.807, 2.05) is 36.5 Å². The summed E-state index contributed by atoms with van der Waals surface area (Å²) in [4.78, 5) is 6.73. The van der Waals surface area contributed by atoms with Crippen LogP contribution >= 0.6 is 0 Å². The van der Waals surface area contributed by atoms with E-state index in [4.69, 9.17) is 9.47 Å². The topological polar surface area (TPSA) is 54.8 Å². The average molecular weight is 505 g/mol. The van der Waals surface area contributed by atoms with E-state index >= 15 is 0 Å². The van der Waals surface area contributed by atoms with Crippen molar-refractivity contribution < 1.29 is 19.0 Å².